The Labute approximate surface area is 160 Å². The molecule has 0 amide bonds. The number of nitrogens with zero attached hydrogens (tertiary/aromatic N) is 1. The molecule has 0 aromatic heterocycles. The van der Waals surface area contributed by atoms with E-state index in [-0.39, 0.29) is 4.90 Å². The Morgan fingerprint density at radius 2 is 1.74 bits per heavy atom. The van der Waals surface area contributed by atoms with Crippen LogP contribution in [0.1, 0.15) is 32.6 Å². The van der Waals surface area contributed by atoms with Crippen LogP contribution in [0.5, 0.6) is 0 Å². The number of carboxylic acid groups (broad SMARTS) is 1. The number of sulfone groups is 1. The first-order valence-electron chi connectivity index (χ1n) is 9.13. The van der Waals surface area contributed by atoms with Gasteiger partial charge in [0.05, 0.1) is 4.90 Å². The van der Waals surface area contributed by atoms with E-state index in [2.05, 4.69) is 0 Å². The van der Waals surface area contributed by atoms with Crippen molar-refractivity contribution in [1.29, 1.82) is 0 Å². The zero-order valence-electron chi connectivity index (χ0n) is 16.1. The molecule has 6 nitrogen and oxygen atoms in total. The van der Waals surface area contributed by atoms with Crippen LogP contribution in [0.15, 0.2) is 41.3 Å². The zero-order valence-corrected chi connectivity index (χ0v) is 16.9. The van der Waals surface area contributed by atoms with Crippen molar-refractivity contribution in [3.8, 4) is 0 Å². The van der Waals surface area contributed by atoms with E-state index in [1.807, 2.05) is 38.1 Å². The van der Waals surface area contributed by atoms with Crippen LogP contribution in [0.25, 0.3) is 10.8 Å². The molecule has 7 heteroatoms. The topological polar surface area (TPSA) is 101 Å². The predicted octanol–water partition coefficient (Wildman–Crippen LogP) is 3.04. The molecule has 2 aromatic carbocycles. The van der Waals surface area contributed by atoms with Crippen LogP contribution in [0.4, 0.5) is 5.69 Å². The third-order valence-electron chi connectivity index (χ3n) is 4.75. The summed E-state index contributed by atoms with van der Waals surface area (Å²) in [6, 6.07) is 9.36. The molecular formula is C20H28N2O4S. The monoisotopic (exact) mass is 392 g/mol. The molecule has 0 saturated heterocycles. The van der Waals surface area contributed by atoms with Crippen LogP contribution in [0.2, 0.25) is 0 Å². The number of hydrogen-bond acceptors (Lipinski definition) is 5. The average molecular weight is 393 g/mol. The van der Waals surface area contributed by atoms with Gasteiger partial charge in [-0.2, -0.15) is 0 Å². The third kappa shape index (κ3) is 4.42. The van der Waals surface area contributed by atoms with Crippen LogP contribution in [0, 0.1) is 0 Å². The maximum absolute atomic E-state index is 13.3. The average Bonchev–Trinajstić information content (AvgIpc) is 2.60. The van der Waals surface area contributed by atoms with Crippen LogP contribution < -0.4 is 10.6 Å². The van der Waals surface area contributed by atoms with Gasteiger partial charge in [0.2, 0.25) is 0 Å². The van der Waals surface area contributed by atoms with Gasteiger partial charge in [-0.25, -0.2) is 8.42 Å². The van der Waals surface area contributed by atoms with Crippen molar-refractivity contribution in [2.45, 2.75) is 48.8 Å². The second-order valence-corrected chi connectivity index (χ2v) is 9.02. The van der Waals surface area contributed by atoms with Crippen molar-refractivity contribution >= 4 is 32.3 Å². The molecule has 0 aliphatic carbocycles. The van der Waals surface area contributed by atoms with Gasteiger partial charge in [-0.1, -0.05) is 50.5 Å². The molecule has 0 aliphatic heterocycles. The second-order valence-electron chi connectivity index (χ2n) is 6.99. The van der Waals surface area contributed by atoms with Gasteiger partial charge in [0.15, 0.2) is 15.1 Å². The summed E-state index contributed by atoms with van der Waals surface area (Å²) in [4.78, 5) is 13.7. The lowest BCUT2D eigenvalue weighted by atomic mass is 10.1. The maximum atomic E-state index is 13.3. The Hall–Kier alpha value is -2.12. The number of fused-ring (bicyclic) bond motifs is 1. The fourth-order valence-electron chi connectivity index (χ4n) is 3.37. The zero-order chi connectivity index (χ0) is 20.2. The van der Waals surface area contributed by atoms with Crippen molar-refractivity contribution in [1.82, 2.24) is 0 Å². The molecule has 0 spiro atoms. The molecule has 0 saturated carbocycles. The first kappa shape index (κ1) is 21.2. The number of unbranched alkanes of at least 4 members (excludes halogenated alkanes) is 2. The van der Waals surface area contributed by atoms with E-state index in [1.165, 1.54) is 6.07 Å². The van der Waals surface area contributed by atoms with Crippen LogP contribution >= 0.6 is 0 Å². The Balaban J connectivity index is 2.56. The number of carbonyl (C=O) groups is 1. The summed E-state index contributed by atoms with van der Waals surface area (Å²) in [5.74, 6) is -1.40. The van der Waals surface area contributed by atoms with E-state index in [1.54, 1.807) is 18.2 Å². The number of aliphatic carboxylic acids is 1. The maximum Gasteiger partial charge on any atom is 0.323 e. The van der Waals surface area contributed by atoms with E-state index in [4.69, 9.17) is 5.73 Å². The van der Waals surface area contributed by atoms with Gasteiger partial charge in [0.1, 0.15) is 0 Å². The van der Waals surface area contributed by atoms with Crippen molar-refractivity contribution in [3.05, 3.63) is 36.4 Å². The van der Waals surface area contributed by atoms with Crippen LogP contribution in [-0.2, 0) is 14.6 Å². The highest BCUT2D eigenvalue weighted by Gasteiger charge is 2.39. The van der Waals surface area contributed by atoms with Crippen LogP contribution in [0.3, 0.4) is 0 Å². The highest BCUT2D eigenvalue weighted by Crippen LogP contribution is 2.32. The number of nitrogens with two attached hydrogens (primary N) is 1. The van der Waals surface area contributed by atoms with E-state index < -0.39 is 27.1 Å². The normalized spacial score (nSPS) is 14.1. The first-order valence-corrected chi connectivity index (χ1v) is 10.7. The number of hydrogen-bond donors (Lipinski definition) is 2. The van der Waals surface area contributed by atoms with Gasteiger partial charge < -0.3 is 15.7 Å². The Kier molecular flexibility index (Phi) is 6.84. The minimum absolute atomic E-state index is 0.0158. The third-order valence-corrected chi connectivity index (χ3v) is 6.94. The number of benzene rings is 2. The molecule has 0 heterocycles. The number of carboxylic acids is 1. The van der Waals surface area contributed by atoms with E-state index in [9.17, 15) is 18.3 Å². The predicted molar refractivity (Wildman–Crippen MR) is 109 cm³/mol. The molecular weight excluding hydrogens is 364 g/mol. The van der Waals surface area contributed by atoms with Gasteiger partial charge in [-0.15, -0.1) is 0 Å². The van der Waals surface area contributed by atoms with E-state index >= 15 is 0 Å². The van der Waals surface area contributed by atoms with Gasteiger partial charge >= 0.3 is 5.97 Å². The van der Waals surface area contributed by atoms with Gasteiger partial charge in [-0.05, 0) is 18.6 Å². The first-order chi connectivity index (χ1) is 12.7. The molecule has 27 heavy (non-hydrogen) atoms. The van der Waals surface area contributed by atoms with Crippen molar-refractivity contribution in [2.75, 3.05) is 19.0 Å². The van der Waals surface area contributed by atoms with Gasteiger partial charge in [0.25, 0.3) is 0 Å². The Bertz CT molecular complexity index is 909. The molecule has 0 fully saturated rings. The smallest absolute Gasteiger partial charge is 0.323 e. The summed E-state index contributed by atoms with van der Waals surface area (Å²) >= 11 is 0. The summed E-state index contributed by atoms with van der Waals surface area (Å²) in [6.45, 7) is 2.02. The lowest BCUT2D eigenvalue weighted by Crippen LogP contribution is -2.46. The molecule has 0 radical (unpaired) electrons. The standard InChI is InChI=1S/C20H28N2O4S/c1-4-5-6-11-16(21)19(20(23)24)27(25,26)18-13-8-9-14-15(18)10-7-12-17(14)22(2)3/h7-10,12-13,16,19H,4-6,11,21H2,1-3H3,(H,23,24). The fourth-order valence-corrected chi connectivity index (χ4v) is 5.25. The highest BCUT2D eigenvalue weighted by molar-refractivity contribution is 7.93. The van der Waals surface area contributed by atoms with Crippen LogP contribution in [-0.4, -0.2) is 44.9 Å². The second kappa shape index (κ2) is 8.71. The van der Waals surface area contributed by atoms with E-state index in [0.29, 0.717) is 18.2 Å². The number of anilines is 1. The highest BCUT2D eigenvalue weighted by atomic mass is 32.2. The Morgan fingerprint density at radius 3 is 2.33 bits per heavy atom. The van der Waals surface area contributed by atoms with Gasteiger partial charge in [0, 0.05) is 36.6 Å². The summed E-state index contributed by atoms with van der Waals surface area (Å²) in [6.07, 6.45) is 2.91. The fraction of sp³-hybridized carbons (Fsp3) is 0.450. The number of rotatable bonds is 9. The quantitative estimate of drug-likeness (QED) is 0.636. The molecule has 0 aliphatic rings. The van der Waals surface area contributed by atoms with Crippen molar-refractivity contribution < 1.29 is 18.3 Å². The summed E-state index contributed by atoms with van der Waals surface area (Å²) in [5.41, 5.74) is 6.90. The van der Waals surface area contributed by atoms with Gasteiger partial charge in [-0.3, -0.25) is 4.79 Å². The van der Waals surface area contributed by atoms with Crippen molar-refractivity contribution in [3.63, 3.8) is 0 Å². The SMILES string of the molecule is CCCCCC(N)C(C(=O)O)S(=O)(=O)c1cccc2c(N(C)C)cccc12. The largest absolute Gasteiger partial charge is 0.480 e. The van der Waals surface area contributed by atoms with E-state index in [0.717, 1.165) is 23.9 Å². The molecule has 148 valence electrons. The molecule has 2 rings (SSSR count). The minimum Gasteiger partial charge on any atom is -0.480 e. The summed E-state index contributed by atoms with van der Waals surface area (Å²) < 4.78 is 26.5. The molecule has 2 atom stereocenters. The summed E-state index contributed by atoms with van der Waals surface area (Å²) in [5, 5.41) is 9.25. The minimum atomic E-state index is -4.15. The molecule has 2 unspecified atom stereocenters. The van der Waals surface area contributed by atoms with Crippen molar-refractivity contribution in [2.24, 2.45) is 5.73 Å². The lowest BCUT2D eigenvalue weighted by Gasteiger charge is -2.22. The summed E-state index contributed by atoms with van der Waals surface area (Å²) in [7, 11) is -0.400. The Morgan fingerprint density at radius 1 is 1.11 bits per heavy atom. The lowest BCUT2D eigenvalue weighted by molar-refractivity contribution is -0.136. The molecule has 3 N–H and O–H groups in total. The molecule has 2 aromatic rings. The molecule has 0 bridgehead atoms.